The van der Waals surface area contributed by atoms with Crippen molar-refractivity contribution in [2.45, 2.75) is 11.8 Å². The molecule has 0 bridgehead atoms. The van der Waals surface area contributed by atoms with Crippen molar-refractivity contribution >= 4 is 11.8 Å². The van der Waals surface area contributed by atoms with Crippen molar-refractivity contribution < 1.29 is 0 Å². The zero-order chi connectivity index (χ0) is 8.81. The van der Waals surface area contributed by atoms with Crippen LogP contribution in [-0.2, 0) is 0 Å². The van der Waals surface area contributed by atoms with Gasteiger partial charge in [0.2, 0.25) is 6.54 Å². The Labute approximate surface area is 77.6 Å². The highest BCUT2D eigenvalue weighted by Crippen LogP contribution is 2.17. The molecule has 0 unspecified atom stereocenters. The molecule has 0 N–H and O–H groups in total. The maximum atomic E-state index is 6.61. The number of benzene rings is 1. The van der Waals surface area contributed by atoms with Crippen LogP contribution in [0.15, 0.2) is 29.2 Å². The Morgan fingerprint density at radius 2 is 2.00 bits per heavy atom. The van der Waals surface area contributed by atoms with Crippen LogP contribution < -0.4 is 0 Å². The first-order chi connectivity index (χ1) is 5.83. The number of nitrogens with zero attached hydrogens (tertiary/aromatic N) is 1. The van der Waals surface area contributed by atoms with Gasteiger partial charge in [0.05, 0.1) is 5.75 Å². The lowest BCUT2D eigenvalue weighted by molar-refractivity contribution is 1.33. The Balaban J connectivity index is 2.43. The standard InChI is InChI=1S/C10H11NS/c1-9-3-5-10(6-4-9)12-8-7-11-2/h3-6H,7-8H2,1H3. The Morgan fingerprint density at radius 1 is 1.33 bits per heavy atom. The Bertz CT molecular complexity index is 271. The van der Waals surface area contributed by atoms with Gasteiger partial charge in [0.25, 0.3) is 0 Å². The fraction of sp³-hybridized carbons (Fsp3) is 0.300. The highest BCUT2D eigenvalue weighted by molar-refractivity contribution is 7.99. The maximum Gasteiger partial charge on any atom is 0.223 e. The van der Waals surface area contributed by atoms with E-state index >= 15 is 0 Å². The largest absolute Gasteiger partial charge is 0.316 e. The van der Waals surface area contributed by atoms with E-state index in [0.717, 1.165) is 5.75 Å². The van der Waals surface area contributed by atoms with E-state index < -0.39 is 0 Å². The summed E-state index contributed by atoms with van der Waals surface area (Å²) in [5.41, 5.74) is 1.28. The lowest BCUT2D eigenvalue weighted by Crippen LogP contribution is -1.81. The summed E-state index contributed by atoms with van der Waals surface area (Å²) in [5.74, 6) is 0.895. The van der Waals surface area contributed by atoms with Crippen molar-refractivity contribution in [3.05, 3.63) is 41.2 Å². The minimum atomic E-state index is 0.610. The van der Waals surface area contributed by atoms with Gasteiger partial charge in [-0.25, -0.2) is 6.57 Å². The molecule has 2 heteroatoms. The minimum absolute atomic E-state index is 0.610. The molecular weight excluding hydrogens is 166 g/mol. The van der Waals surface area contributed by atoms with Gasteiger partial charge in [-0.05, 0) is 19.1 Å². The second-order valence-electron chi connectivity index (χ2n) is 2.54. The molecule has 0 amide bonds. The van der Waals surface area contributed by atoms with Gasteiger partial charge in [-0.3, -0.25) is 0 Å². The van der Waals surface area contributed by atoms with E-state index in [2.05, 4.69) is 36.0 Å². The van der Waals surface area contributed by atoms with Gasteiger partial charge < -0.3 is 4.85 Å². The molecule has 1 aromatic carbocycles. The molecule has 0 atom stereocenters. The van der Waals surface area contributed by atoms with Crippen LogP contribution in [0.5, 0.6) is 0 Å². The van der Waals surface area contributed by atoms with Crippen LogP contribution in [0.3, 0.4) is 0 Å². The third-order valence-corrected chi connectivity index (χ3v) is 2.48. The molecule has 0 aromatic heterocycles. The third-order valence-electron chi connectivity index (χ3n) is 1.49. The van der Waals surface area contributed by atoms with Crippen molar-refractivity contribution in [3.8, 4) is 0 Å². The first-order valence-electron chi connectivity index (χ1n) is 3.85. The van der Waals surface area contributed by atoms with Gasteiger partial charge in [0.15, 0.2) is 0 Å². The molecule has 0 aliphatic heterocycles. The van der Waals surface area contributed by atoms with Crippen LogP contribution in [0, 0.1) is 13.5 Å². The second-order valence-corrected chi connectivity index (χ2v) is 3.71. The number of aryl methyl sites for hydroxylation is 1. The minimum Gasteiger partial charge on any atom is -0.316 e. The SMILES string of the molecule is [C-]#[N+]CCSc1ccc(C)cc1. The van der Waals surface area contributed by atoms with E-state index in [1.165, 1.54) is 10.5 Å². The van der Waals surface area contributed by atoms with Crippen molar-refractivity contribution in [3.63, 3.8) is 0 Å². The van der Waals surface area contributed by atoms with E-state index in [1.807, 2.05) is 0 Å². The molecule has 1 aromatic rings. The van der Waals surface area contributed by atoms with E-state index in [4.69, 9.17) is 6.57 Å². The molecule has 12 heavy (non-hydrogen) atoms. The molecular formula is C10H11NS. The molecule has 0 saturated carbocycles. The van der Waals surface area contributed by atoms with Crippen LogP contribution in [0.25, 0.3) is 4.85 Å². The zero-order valence-electron chi connectivity index (χ0n) is 7.08. The zero-order valence-corrected chi connectivity index (χ0v) is 7.90. The normalized spacial score (nSPS) is 9.33. The van der Waals surface area contributed by atoms with Crippen LogP contribution in [0.4, 0.5) is 0 Å². The Hall–Kier alpha value is -0.940. The van der Waals surface area contributed by atoms with E-state index in [1.54, 1.807) is 11.8 Å². The van der Waals surface area contributed by atoms with Crippen molar-refractivity contribution in [1.29, 1.82) is 0 Å². The van der Waals surface area contributed by atoms with Gasteiger partial charge in [-0.1, -0.05) is 17.7 Å². The molecule has 0 saturated heterocycles. The highest BCUT2D eigenvalue weighted by atomic mass is 32.2. The lowest BCUT2D eigenvalue weighted by atomic mass is 10.2. The van der Waals surface area contributed by atoms with Crippen molar-refractivity contribution in [1.82, 2.24) is 0 Å². The topological polar surface area (TPSA) is 4.36 Å². The first-order valence-corrected chi connectivity index (χ1v) is 4.84. The van der Waals surface area contributed by atoms with Gasteiger partial charge in [-0.15, -0.1) is 11.8 Å². The monoisotopic (exact) mass is 177 g/mol. The van der Waals surface area contributed by atoms with Crippen LogP contribution in [-0.4, -0.2) is 12.3 Å². The van der Waals surface area contributed by atoms with E-state index in [-0.39, 0.29) is 0 Å². The molecule has 1 nitrogen and oxygen atoms in total. The molecule has 1 rings (SSSR count). The molecule has 0 radical (unpaired) electrons. The van der Waals surface area contributed by atoms with Crippen molar-refractivity contribution in [2.75, 3.05) is 12.3 Å². The summed E-state index contributed by atoms with van der Waals surface area (Å²) in [6, 6.07) is 8.40. The van der Waals surface area contributed by atoms with Gasteiger partial charge >= 0.3 is 0 Å². The third kappa shape index (κ3) is 2.98. The summed E-state index contributed by atoms with van der Waals surface area (Å²) >= 11 is 1.74. The first kappa shape index (κ1) is 9.15. The maximum absolute atomic E-state index is 6.61. The number of hydrogen-bond acceptors (Lipinski definition) is 1. The lowest BCUT2D eigenvalue weighted by Gasteiger charge is -1.97. The summed E-state index contributed by atoms with van der Waals surface area (Å²) in [4.78, 5) is 4.55. The predicted molar refractivity (Wildman–Crippen MR) is 53.4 cm³/mol. The van der Waals surface area contributed by atoms with Crippen LogP contribution in [0.2, 0.25) is 0 Å². The molecule has 0 aliphatic carbocycles. The van der Waals surface area contributed by atoms with E-state index in [0.29, 0.717) is 6.54 Å². The van der Waals surface area contributed by atoms with Crippen LogP contribution >= 0.6 is 11.8 Å². The van der Waals surface area contributed by atoms with Gasteiger partial charge in [-0.2, -0.15) is 0 Å². The number of thioether (sulfide) groups is 1. The second kappa shape index (κ2) is 4.84. The molecule has 0 fully saturated rings. The average Bonchev–Trinajstić information content (AvgIpc) is 2.09. The Kier molecular flexibility index (Phi) is 3.69. The number of rotatable bonds is 3. The number of hydrogen-bond donors (Lipinski definition) is 0. The van der Waals surface area contributed by atoms with Crippen LogP contribution in [0.1, 0.15) is 5.56 Å². The smallest absolute Gasteiger partial charge is 0.223 e. The molecule has 0 spiro atoms. The van der Waals surface area contributed by atoms with Crippen molar-refractivity contribution in [2.24, 2.45) is 0 Å². The van der Waals surface area contributed by atoms with Gasteiger partial charge in [0.1, 0.15) is 0 Å². The summed E-state index contributed by atoms with van der Waals surface area (Å²) in [6.45, 7) is 9.30. The molecule has 0 aliphatic rings. The summed E-state index contributed by atoms with van der Waals surface area (Å²) in [6.07, 6.45) is 0. The summed E-state index contributed by atoms with van der Waals surface area (Å²) in [5, 5.41) is 0. The average molecular weight is 177 g/mol. The van der Waals surface area contributed by atoms with Gasteiger partial charge in [0, 0.05) is 4.90 Å². The summed E-state index contributed by atoms with van der Waals surface area (Å²) in [7, 11) is 0. The highest BCUT2D eigenvalue weighted by Gasteiger charge is 1.93. The fourth-order valence-electron chi connectivity index (χ4n) is 0.844. The predicted octanol–water partition coefficient (Wildman–Crippen LogP) is 3.01. The Morgan fingerprint density at radius 3 is 2.58 bits per heavy atom. The quantitative estimate of drug-likeness (QED) is 0.390. The van der Waals surface area contributed by atoms with E-state index in [9.17, 15) is 0 Å². The molecule has 62 valence electrons. The summed E-state index contributed by atoms with van der Waals surface area (Å²) < 4.78 is 0. The fourth-order valence-corrected chi connectivity index (χ4v) is 1.59. The molecule has 0 heterocycles.